The molecule has 0 spiro atoms. The number of aliphatic hydroxyl groups is 4. The highest BCUT2D eigenvalue weighted by Gasteiger charge is 2.44. The van der Waals surface area contributed by atoms with Gasteiger partial charge in [-0.05, 0) is 12.1 Å². The summed E-state index contributed by atoms with van der Waals surface area (Å²) < 4.78 is 15.4. The van der Waals surface area contributed by atoms with Crippen LogP contribution in [0.25, 0.3) is 0 Å². The molecule has 1 fully saturated rings. The van der Waals surface area contributed by atoms with E-state index in [9.17, 15) is 20.1 Å². The Bertz CT molecular complexity index is 556. The van der Waals surface area contributed by atoms with Crippen LogP contribution in [-0.2, 0) is 4.74 Å². The first-order valence-corrected chi connectivity index (χ1v) is 7.25. The summed E-state index contributed by atoms with van der Waals surface area (Å²) in [5, 5.41) is 40.9. The van der Waals surface area contributed by atoms with Crippen molar-refractivity contribution in [3.05, 3.63) is 23.8 Å². The monoisotopic (exact) mass is 343 g/mol. The summed E-state index contributed by atoms with van der Waals surface area (Å²) in [5.41, 5.74) is 0.183. The predicted molar refractivity (Wildman–Crippen MR) is 80.8 cm³/mol. The fourth-order valence-electron chi connectivity index (χ4n) is 2.37. The zero-order chi connectivity index (χ0) is 17.9. The van der Waals surface area contributed by atoms with Gasteiger partial charge in [0.1, 0.15) is 35.9 Å². The van der Waals surface area contributed by atoms with Crippen molar-refractivity contribution in [1.82, 2.24) is 5.32 Å². The molecule has 24 heavy (non-hydrogen) atoms. The van der Waals surface area contributed by atoms with Gasteiger partial charge in [-0.1, -0.05) is 0 Å². The Morgan fingerprint density at radius 2 is 1.67 bits per heavy atom. The molecule has 134 valence electrons. The molecule has 0 radical (unpaired) electrons. The zero-order valence-electron chi connectivity index (χ0n) is 13.2. The second-order valence-corrected chi connectivity index (χ2v) is 5.32. The van der Waals surface area contributed by atoms with E-state index in [0.29, 0.717) is 11.5 Å². The molecule has 1 aliphatic rings. The molecule has 9 heteroatoms. The average Bonchev–Trinajstić information content (AvgIpc) is 2.61. The molecule has 0 bridgehead atoms. The lowest BCUT2D eigenvalue weighted by Crippen LogP contribution is -2.63. The van der Waals surface area contributed by atoms with Crippen LogP contribution in [0.3, 0.4) is 0 Å². The molecule has 2 rings (SSSR count). The van der Waals surface area contributed by atoms with E-state index < -0.39 is 43.2 Å². The Kier molecular flexibility index (Phi) is 5.97. The van der Waals surface area contributed by atoms with Crippen LogP contribution in [0, 0.1) is 0 Å². The SMILES string of the molecule is COc1cc(OC)cc(C(=O)N[C@@H]2O[C@H](CO)[C@@H](O)[C@H](O)[C@@H]2O)c1. The van der Waals surface area contributed by atoms with Crippen molar-refractivity contribution in [3.63, 3.8) is 0 Å². The Balaban J connectivity index is 2.16. The molecule has 9 nitrogen and oxygen atoms in total. The van der Waals surface area contributed by atoms with Crippen molar-refractivity contribution in [2.45, 2.75) is 30.6 Å². The maximum absolute atomic E-state index is 12.4. The Hall–Kier alpha value is -1.91. The normalized spacial score (nSPS) is 29.8. The van der Waals surface area contributed by atoms with E-state index in [4.69, 9.17) is 19.3 Å². The van der Waals surface area contributed by atoms with E-state index in [1.54, 1.807) is 6.07 Å². The number of amides is 1. The number of carbonyl (C=O) groups excluding carboxylic acids is 1. The first kappa shape index (κ1) is 18.4. The minimum absolute atomic E-state index is 0.183. The van der Waals surface area contributed by atoms with Crippen LogP contribution in [0.4, 0.5) is 0 Å². The van der Waals surface area contributed by atoms with Gasteiger partial charge in [-0.3, -0.25) is 4.79 Å². The maximum atomic E-state index is 12.4. The van der Waals surface area contributed by atoms with Crippen molar-refractivity contribution in [1.29, 1.82) is 0 Å². The summed E-state index contributed by atoms with van der Waals surface area (Å²) in [4.78, 5) is 12.4. The van der Waals surface area contributed by atoms with E-state index in [-0.39, 0.29) is 5.56 Å². The summed E-state index contributed by atoms with van der Waals surface area (Å²) in [6, 6.07) is 4.51. The smallest absolute Gasteiger partial charge is 0.253 e. The summed E-state index contributed by atoms with van der Waals surface area (Å²) in [7, 11) is 2.88. The fraction of sp³-hybridized carbons (Fsp3) is 0.533. The highest BCUT2D eigenvalue weighted by molar-refractivity contribution is 5.95. The van der Waals surface area contributed by atoms with Gasteiger partial charge in [0, 0.05) is 11.6 Å². The average molecular weight is 343 g/mol. The molecule has 0 saturated carbocycles. The molecule has 0 aromatic heterocycles. The van der Waals surface area contributed by atoms with Crippen molar-refractivity contribution >= 4 is 5.91 Å². The van der Waals surface area contributed by atoms with E-state index >= 15 is 0 Å². The van der Waals surface area contributed by atoms with Crippen molar-refractivity contribution in [2.24, 2.45) is 0 Å². The van der Waals surface area contributed by atoms with Crippen LogP contribution >= 0.6 is 0 Å². The quantitative estimate of drug-likeness (QED) is 0.424. The third-order valence-electron chi connectivity index (χ3n) is 3.78. The van der Waals surface area contributed by atoms with Gasteiger partial charge < -0.3 is 40.0 Å². The van der Waals surface area contributed by atoms with Gasteiger partial charge in [-0.15, -0.1) is 0 Å². The summed E-state index contributed by atoms with van der Waals surface area (Å²) >= 11 is 0. The maximum Gasteiger partial charge on any atom is 0.253 e. The zero-order valence-corrected chi connectivity index (χ0v) is 13.2. The van der Waals surface area contributed by atoms with Gasteiger partial charge in [0.25, 0.3) is 5.91 Å². The van der Waals surface area contributed by atoms with Gasteiger partial charge in [0.2, 0.25) is 0 Å². The molecule has 1 aromatic carbocycles. The Morgan fingerprint density at radius 3 is 2.17 bits per heavy atom. The third-order valence-corrected chi connectivity index (χ3v) is 3.78. The molecule has 0 aliphatic carbocycles. The van der Waals surface area contributed by atoms with Crippen LogP contribution in [-0.4, -0.2) is 77.8 Å². The van der Waals surface area contributed by atoms with Crippen LogP contribution < -0.4 is 14.8 Å². The Morgan fingerprint density at radius 1 is 1.08 bits per heavy atom. The number of carbonyl (C=O) groups is 1. The number of nitrogens with one attached hydrogen (secondary N) is 1. The summed E-state index contributed by atoms with van der Waals surface area (Å²) in [5.74, 6) is 0.179. The number of hydrogen-bond acceptors (Lipinski definition) is 8. The lowest BCUT2D eigenvalue weighted by Gasteiger charge is -2.40. The molecule has 1 saturated heterocycles. The van der Waals surface area contributed by atoms with Crippen molar-refractivity contribution in [3.8, 4) is 11.5 Å². The number of ether oxygens (including phenoxy) is 3. The van der Waals surface area contributed by atoms with E-state index in [1.165, 1.54) is 26.4 Å². The molecule has 0 unspecified atom stereocenters. The molecule has 5 atom stereocenters. The number of aliphatic hydroxyl groups excluding tert-OH is 4. The second kappa shape index (κ2) is 7.77. The highest BCUT2D eigenvalue weighted by Crippen LogP contribution is 2.24. The van der Waals surface area contributed by atoms with E-state index in [2.05, 4.69) is 5.32 Å². The highest BCUT2D eigenvalue weighted by atomic mass is 16.6. The number of benzene rings is 1. The molecule has 5 N–H and O–H groups in total. The minimum Gasteiger partial charge on any atom is -0.497 e. The molecule has 1 aliphatic heterocycles. The molecule has 1 amide bonds. The van der Waals surface area contributed by atoms with Crippen LogP contribution in [0.1, 0.15) is 10.4 Å². The topological polar surface area (TPSA) is 138 Å². The molecular formula is C15H21NO8. The van der Waals surface area contributed by atoms with Crippen molar-refractivity contribution < 1.29 is 39.4 Å². The van der Waals surface area contributed by atoms with E-state index in [1.807, 2.05) is 0 Å². The van der Waals surface area contributed by atoms with Gasteiger partial charge in [-0.25, -0.2) is 0 Å². The Labute approximate surface area is 138 Å². The van der Waals surface area contributed by atoms with Gasteiger partial charge in [0.15, 0.2) is 6.23 Å². The van der Waals surface area contributed by atoms with E-state index in [0.717, 1.165) is 0 Å². The fourth-order valence-corrected chi connectivity index (χ4v) is 2.37. The largest absolute Gasteiger partial charge is 0.497 e. The van der Waals surface area contributed by atoms with Crippen molar-refractivity contribution in [2.75, 3.05) is 20.8 Å². The first-order valence-electron chi connectivity index (χ1n) is 7.25. The van der Waals surface area contributed by atoms with Gasteiger partial charge in [-0.2, -0.15) is 0 Å². The summed E-state index contributed by atoms with van der Waals surface area (Å²) in [6.45, 7) is -0.579. The van der Waals surface area contributed by atoms with Gasteiger partial charge in [0.05, 0.1) is 20.8 Å². The predicted octanol–water partition coefficient (Wildman–Crippen LogP) is -1.77. The molecular weight excluding hydrogens is 322 g/mol. The number of hydrogen-bond donors (Lipinski definition) is 5. The molecule has 1 heterocycles. The minimum atomic E-state index is -1.57. The van der Waals surface area contributed by atoms with Gasteiger partial charge >= 0.3 is 0 Å². The molecule has 1 aromatic rings. The number of rotatable bonds is 5. The van der Waals surface area contributed by atoms with Crippen LogP contribution in [0.15, 0.2) is 18.2 Å². The van der Waals surface area contributed by atoms with Crippen LogP contribution in [0.5, 0.6) is 11.5 Å². The lowest BCUT2D eigenvalue weighted by atomic mass is 9.98. The number of methoxy groups -OCH3 is 2. The lowest BCUT2D eigenvalue weighted by molar-refractivity contribution is -0.233. The standard InChI is InChI=1S/C15H21NO8/c1-22-8-3-7(4-9(5-8)23-2)14(21)16-15-13(20)12(19)11(18)10(6-17)24-15/h3-5,10-13,15,17-20H,6H2,1-2H3,(H,16,21)/t10-,11-,12+,13+,15-/m1/s1. The summed E-state index contributed by atoms with van der Waals surface area (Å²) in [6.07, 6.45) is -7.02. The second-order valence-electron chi connectivity index (χ2n) is 5.32. The third kappa shape index (κ3) is 3.77. The van der Waals surface area contributed by atoms with Crippen LogP contribution in [0.2, 0.25) is 0 Å². The first-order chi connectivity index (χ1) is 11.4.